The van der Waals surface area contributed by atoms with E-state index >= 15 is 0 Å². The quantitative estimate of drug-likeness (QED) is 0.0793. The van der Waals surface area contributed by atoms with Crippen molar-refractivity contribution in [3.05, 3.63) is 130 Å². The molecule has 7 aromatic carbocycles. The maximum atomic E-state index is 14.2. The Balaban J connectivity index is 1.49. The molecule has 0 bridgehead atoms. The van der Waals surface area contributed by atoms with Crippen LogP contribution in [0.4, 0.5) is 35.1 Å². The van der Waals surface area contributed by atoms with E-state index in [4.69, 9.17) is 6.57 Å². The van der Waals surface area contributed by atoms with Gasteiger partial charge >= 0.3 is 12.4 Å². The summed E-state index contributed by atoms with van der Waals surface area (Å²) < 4.78 is 109. The van der Waals surface area contributed by atoms with Crippen molar-refractivity contribution >= 4 is 43.1 Å². The molecule has 0 radical (unpaired) electrons. The Kier molecular flexibility index (Phi) is 6.81. The van der Waals surface area contributed by atoms with Crippen LogP contribution in [0.2, 0.25) is 0 Å². The van der Waals surface area contributed by atoms with Gasteiger partial charge in [0.15, 0.2) is 5.36 Å². The number of alkyl halides is 6. The first-order valence-corrected chi connectivity index (χ1v) is 13.9. The molecule has 0 aliphatic heterocycles. The van der Waals surface area contributed by atoms with E-state index in [9.17, 15) is 40.4 Å². The Morgan fingerprint density at radius 1 is 0.521 bits per heavy atom. The molecule has 0 amide bonds. The number of nitriles is 1. The molecule has 234 valence electrons. The smallest absolute Gasteiger partial charge is 0.207 e. The minimum atomic E-state index is -4.78. The van der Waals surface area contributed by atoms with Crippen molar-refractivity contribution in [1.82, 2.24) is 0 Å². The van der Waals surface area contributed by atoms with E-state index in [0.717, 1.165) is 24.3 Å². The van der Waals surface area contributed by atoms with Gasteiger partial charge in [0.1, 0.15) is 11.6 Å². The third-order valence-electron chi connectivity index (χ3n) is 8.23. The van der Waals surface area contributed by atoms with Crippen molar-refractivity contribution in [2.75, 3.05) is 0 Å². The van der Waals surface area contributed by atoms with Gasteiger partial charge in [0.25, 0.3) is 0 Å². The predicted octanol–water partition coefficient (Wildman–Crippen LogP) is 9.94. The van der Waals surface area contributed by atoms with Gasteiger partial charge in [0, 0.05) is 21.5 Å². The van der Waals surface area contributed by atoms with Gasteiger partial charge in [0.2, 0.25) is 6.19 Å². The molecule has 0 atom stereocenters. The number of benzene rings is 5. The van der Waals surface area contributed by atoms with Crippen molar-refractivity contribution in [2.45, 2.75) is 12.4 Å². The molecule has 0 fully saturated rings. The zero-order chi connectivity index (χ0) is 34.1. The first kappa shape index (κ1) is 30.5. The monoisotopic (exact) mass is 654 g/mol. The van der Waals surface area contributed by atoms with Gasteiger partial charge in [-0.2, -0.15) is 43.2 Å². The maximum absolute atomic E-state index is 14.2. The highest BCUT2D eigenvalue weighted by Crippen LogP contribution is 2.38. The highest BCUT2D eigenvalue weighted by molar-refractivity contribution is 6.21. The number of hydrogen-bond donors (Lipinski definition) is 0. The molecule has 0 saturated carbocycles. The summed E-state index contributed by atoms with van der Waals surface area (Å²) in [5.41, 5.74) is -1.86. The van der Waals surface area contributed by atoms with Crippen LogP contribution in [0.25, 0.3) is 70.3 Å². The fourth-order valence-corrected chi connectivity index (χ4v) is 6.20. The Morgan fingerprint density at radius 2 is 0.958 bits per heavy atom. The zero-order valence-corrected chi connectivity index (χ0v) is 23.9. The van der Waals surface area contributed by atoms with Gasteiger partial charge in [-0.1, -0.05) is 24.3 Å². The van der Waals surface area contributed by atoms with Crippen LogP contribution in [-0.4, -0.2) is 0 Å². The standard InChI is InChI=1S/C36H14F8N4/c1-46-48-34-30-11-18(20-7-22(36(42,43)44)13-24(38)9-20)3-5-26(30)28-14-31-27(15-32(28)34)25-4-2-17(10-29(25)33(31)47-16-45)19-6-21(35(39,40)41)12-23(37)8-19/h2-15H. The third-order valence-corrected chi connectivity index (χ3v) is 8.23. The van der Waals surface area contributed by atoms with Crippen LogP contribution >= 0.6 is 0 Å². The molecule has 0 N–H and O–H groups in total. The van der Waals surface area contributed by atoms with E-state index in [0.29, 0.717) is 55.2 Å². The van der Waals surface area contributed by atoms with E-state index in [1.807, 2.05) is 0 Å². The fraction of sp³-hybridized carbons (Fsp3) is 0.0556. The predicted molar refractivity (Wildman–Crippen MR) is 163 cm³/mol. The van der Waals surface area contributed by atoms with Crippen LogP contribution in [0.5, 0.6) is 0 Å². The van der Waals surface area contributed by atoms with Crippen molar-refractivity contribution in [1.29, 1.82) is 5.26 Å². The molecular formula is C36H14F8N4. The minimum Gasteiger partial charge on any atom is -0.207 e. The van der Waals surface area contributed by atoms with Crippen molar-refractivity contribution < 1.29 is 35.1 Å². The molecule has 0 heterocycles. The van der Waals surface area contributed by atoms with E-state index in [-0.39, 0.29) is 33.0 Å². The number of fused-ring (bicyclic) bond motifs is 6. The molecule has 0 aromatic heterocycles. The Morgan fingerprint density at radius 3 is 1.40 bits per heavy atom. The Labute approximate surface area is 264 Å². The average molecular weight is 655 g/mol. The second-order valence-electron chi connectivity index (χ2n) is 11.0. The lowest BCUT2D eigenvalue weighted by Gasteiger charge is -2.10. The van der Waals surface area contributed by atoms with Gasteiger partial charge in [-0.15, -0.1) is 4.95 Å². The molecule has 0 aliphatic carbocycles. The molecule has 4 nitrogen and oxygen atoms in total. The van der Waals surface area contributed by atoms with Gasteiger partial charge in [-0.05, 0) is 104 Å². The second-order valence-corrected chi connectivity index (χ2v) is 11.0. The van der Waals surface area contributed by atoms with Crippen LogP contribution in [0.1, 0.15) is 11.1 Å². The number of hydrogen-bond acceptors (Lipinski definition) is 3. The zero-order valence-electron chi connectivity index (χ0n) is 23.9. The van der Waals surface area contributed by atoms with Crippen molar-refractivity contribution in [2.24, 2.45) is 10.1 Å². The molecule has 12 heteroatoms. The third kappa shape index (κ3) is 4.99. The van der Waals surface area contributed by atoms with Gasteiger partial charge < -0.3 is 0 Å². The first-order valence-electron chi connectivity index (χ1n) is 13.9. The summed E-state index contributed by atoms with van der Waals surface area (Å²) in [6.45, 7) is 7.43. The summed E-state index contributed by atoms with van der Waals surface area (Å²) in [4.78, 5) is 7.19. The summed E-state index contributed by atoms with van der Waals surface area (Å²) >= 11 is 0. The van der Waals surface area contributed by atoms with Crippen LogP contribution in [0.3, 0.4) is 0 Å². The van der Waals surface area contributed by atoms with Crippen LogP contribution in [0, 0.1) is 29.7 Å². The van der Waals surface area contributed by atoms with Gasteiger partial charge in [-0.3, -0.25) is 0 Å². The number of halogens is 8. The Hall–Kier alpha value is -6.14. The Bertz CT molecular complexity index is 2510. The molecule has 0 spiro atoms. The highest BCUT2D eigenvalue weighted by Gasteiger charge is 2.32. The summed E-state index contributed by atoms with van der Waals surface area (Å²) in [5, 5.41) is 18.1. The molecule has 48 heavy (non-hydrogen) atoms. The normalized spacial score (nSPS) is 13.2. The minimum absolute atomic E-state index is 0.0282. The molecular weight excluding hydrogens is 640 g/mol. The molecule has 0 saturated heterocycles. The van der Waals surface area contributed by atoms with Crippen LogP contribution < -0.4 is 10.7 Å². The summed E-state index contributed by atoms with van der Waals surface area (Å²) in [7, 11) is 0. The van der Waals surface area contributed by atoms with Crippen LogP contribution in [-0.2, 0) is 12.4 Å². The summed E-state index contributed by atoms with van der Waals surface area (Å²) in [5.74, 6) is -2.14. The molecule has 7 aromatic rings. The number of rotatable bonds is 2. The lowest BCUT2D eigenvalue weighted by Crippen LogP contribution is -2.05. The molecule has 0 aliphatic rings. The van der Waals surface area contributed by atoms with E-state index in [2.05, 4.69) is 15.0 Å². The number of nitrogens with zero attached hydrogens (tertiary/aromatic N) is 4. The average Bonchev–Trinajstić information content (AvgIpc) is 3.49. The van der Waals surface area contributed by atoms with Gasteiger partial charge in [-0.25, -0.2) is 8.78 Å². The first-order chi connectivity index (χ1) is 22.8. The lowest BCUT2D eigenvalue weighted by molar-refractivity contribution is -0.138. The second kappa shape index (κ2) is 10.7. The largest absolute Gasteiger partial charge is 0.416 e. The SMILES string of the molecule is [C-]#[N+]N=c1c2cc(-c3cc(F)cc(C(F)(F)F)c3)ccc2c2cc3c(=NC#N)c4cc(-c5cc(F)cc(C(F)(F)F)c5)ccc4c3cc12. The van der Waals surface area contributed by atoms with Gasteiger partial charge in [0.05, 0.1) is 21.6 Å². The fourth-order valence-electron chi connectivity index (χ4n) is 6.20. The van der Waals surface area contributed by atoms with Crippen molar-refractivity contribution in [3.63, 3.8) is 0 Å². The van der Waals surface area contributed by atoms with Crippen LogP contribution in [0.15, 0.2) is 95.0 Å². The van der Waals surface area contributed by atoms with Crippen molar-refractivity contribution in [3.8, 4) is 28.4 Å². The molecule has 7 rings (SSSR count). The van der Waals surface area contributed by atoms with E-state index < -0.39 is 35.1 Å². The summed E-state index contributed by atoms with van der Waals surface area (Å²) in [6.07, 6.45) is -7.79. The maximum Gasteiger partial charge on any atom is 0.416 e. The lowest BCUT2D eigenvalue weighted by atomic mass is 10.00. The van der Waals surface area contributed by atoms with E-state index in [1.54, 1.807) is 30.5 Å². The molecule has 0 unspecified atom stereocenters. The van der Waals surface area contributed by atoms with E-state index in [1.165, 1.54) is 24.3 Å². The summed E-state index contributed by atoms with van der Waals surface area (Å²) in [6, 6.07) is 17.2. The highest BCUT2D eigenvalue weighted by atomic mass is 19.4. The topological polar surface area (TPSA) is 52.9 Å².